The molecule has 116 valence electrons. The average molecular weight is 292 g/mol. The van der Waals surface area contributed by atoms with Gasteiger partial charge in [0, 0.05) is 13.1 Å². The molecular weight excluding hydrogens is 268 g/mol. The monoisotopic (exact) mass is 292 g/mol. The maximum Gasteiger partial charge on any atom is 0.315 e. The molecule has 0 saturated heterocycles. The van der Waals surface area contributed by atoms with Crippen LogP contribution < -0.4 is 10.6 Å². The van der Waals surface area contributed by atoms with E-state index in [9.17, 15) is 9.59 Å². The predicted molar refractivity (Wildman–Crippen MR) is 82.0 cm³/mol. The molecule has 1 aromatic rings. The van der Waals surface area contributed by atoms with Gasteiger partial charge in [-0.2, -0.15) is 0 Å². The topological polar surface area (TPSA) is 78.4 Å². The summed E-state index contributed by atoms with van der Waals surface area (Å²) in [4.78, 5) is 22.7. The number of carbonyl (C=O) groups is 2. The number of nitrogens with one attached hydrogen (secondary N) is 2. The first-order valence-corrected chi connectivity index (χ1v) is 7.26. The third kappa shape index (κ3) is 5.85. The lowest BCUT2D eigenvalue weighted by atomic mass is 9.96. The molecule has 1 unspecified atom stereocenters. The molecular formula is C16H24N2O3. The number of carboxylic acids is 1. The largest absolute Gasteiger partial charge is 0.481 e. The quantitative estimate of drug-likeness (QED) is 0.722. The Morgan fingerprint density at radius 3 is 2.14 bits per heavy atom. The lowest BCUT2D eigenvalue weighted by Gasteiger charge is -2.17. The third-order valence-corrected chi connectivity index (χ3v) is 3.49. The highest BCUT2D eigenvalue weighted by Gasteiger charge is 2.21. The molecule has 0 spiro atoms. The Bertz CT molecular complexity index is 469. The number of urea groups is 1. The van der Waals surface area contributed by atoms with Gasteiger partial charge in [-0.15, -0.1) is 0 Å². The van der Waals surface area contributed by atoms with Gasteiger partial charge in [-0.05, 0) is 23.5 Å². The summed E-state index contributed by atoms with van der Waals surface area (Å²) in [5.74, 6) is -1.48. The van der Waals surface area contributed by atoms with E-state index in [0.29, 0.717) is 6.54 Å². The molecule has 0 heterocycles. The molecule has 0 saturated carbocycles. The van der Waals surface area contributed by atoms with E-state index in [1.54, 1.807) is 0 Å². The standard InChI is InChI=1S/C16H24N2O3/c1-4-12-5-7-13(8-6-12)9-17-16(21)18-10-14(11(2)3)15(19)20/h5-8,11,14H,4,9-10H2,1-3H3,(H,19,20)(H2,17,18,21). The zero-order chi connectivity index (χ0) is 15.8. The summed E-state index contributed by atoms with van der Waals surface area (Å²) in [7, 11) is 0. The number of benzene rings is 1. The molecule has 2 amide bonds. The van der Waals surface area contributed by atoms with Gasteiger partial charge in [0.2, 0.25) is 0 Å². The van der Waals surface area contributed by atoms with E-state index in [2.05, 4.69) is 17.6 Å². The molecule has 0 radical (unpaired) electrons. The summed E-state index contributed by atoms with van der Waals surface area (Å²) in [5, 5.41) is 14.4. The number of hydrogen-bond acceptors (Lipinski definition) is 2. The van der Waals surface area contributed by atoms with Crippen LogP contribution in [0.4, 0.5) is 4.79 Å². The number of amides is 2. The number of rotatable bonds is 7. The highest BCUT2D eigenvalue weighted by molar-refractivity contribution is 5.75. The summed E-state index contributed by atoms with van der Waals surface area (Å²) >= 11 is 0. The van der Waals surface area contributed by atoms with Crippen LogP contribution in [0.1, 0.15) is 31.9 Å². The van der Waals surface area contributed by atoms with Crippen molar-refractivity contribution in [3.63, 3.8) is 0 Å². The van der Waals surface area contributed by atoms with Crippen molar-refractivity contribution in [1.29, 1.82) is 0 Å². The minimum absolute atomic E-state index is 0.0237. The van der Waals surface area contributed by atoms with Crippen molar-refractivity contribution in [3.05, 3.63) is 35.4 Å². The van der Waals surface area contributed by atoms with Crippen molar-refractivity contribution in [2.24, 2.45) is 11.8 Å². The average Bonchev–Trinajstić information content (AvgIpc) is 2.45. The van der Waals surface area contributed by atoms with Gasteiger partial charge in [-0.25, -0.2) is 4.79 Å². The fourth-order valence-electron chi connectivity index (χ4n) is 1.95. The second-order valence-electron chi connectivity index (χ2n) is 5.42. The normalized spacial score (nSPS) is 12.0. The molecule has 1 rings (SSSR count). The minimum atomic E-state index is -0.888. The Morgan fingerprint density at radius 1 is 1.10 bits per heavy atom. The van der Waals surface area contributed by atoms with E-state index in [-0.39, 0.29) is 18.5 Å². The molecule has 1 aromatic carbocycles. The highest BCUT2D eigenvalue weighted by Crippen LogP contribution is 2.09. The van der Waals surface area contributed by atoms with Crippen LogP contribution in [0.5, 0.6) is 0 Å². The zero-order valence-corrected chi connectivity index (χ0v) is 12.8. The fraction of sp³-hybridized carbons (Fsp3) is 0.500. The van der Waals surface area contributed by atoms with Gasteiger partial charge in [-0.3, -0.25) is 4.79 Å². The lowest BCUT2D eigenvalue weighted by molar-refractivity contribution is -0.142. The first-order chi connectivity index (χ1) is 9.93. The van der Waals surface area contributed by atoms with Crippen LogP contribution >= 0.6 is 0 Å². The summed E-state index contributed by atoms with van der Waals surface area (Å²) in [5.41, 5.74) is 2.27. The first kappa shape index (κ1) is 17.0. The van der Waals surface area contributed by atoms with Crippen LogP contribution in [0, 0.1) is 11.8 Å². The van der Waals surface area contributed by atoms with Crippen LogP contribution in [0.25, 0.3) is 0 Å². The number of hydrogen-bond donors (Lipinski definition) is 3. The van der Waals surface area contributed by atoms with Crippen molar-refractivity contribution >= 4 is 12.0 Å². The van der Waals surface area contributed by atoms with Gasteiger partial charge < -0.3 is 15.7 Å². The van der Waals surface area contributed by atoms with E-state index in [0.717, 1.165) is 12.0 Å². The highest BCUT2D eigenvalue weighted by atomic mass is 16.4. The van der Waals surface area contributed by atoms with Crippen molar-refractivity contribution in [3.8, 4) is 0 Å². The Balaban J connectivity index is 2.38. The van der Waals surface area contributed by atoms with Crippen LogP contribution in [0.15, 0.2) is 24.3 Å². The molecule has 0 aliphatic carbocycles. The van der Waals surface area contributed by atoms with Crippen molar-refractivity contribution < 1.29 is 14.7 Å². The lowest BCUT2D eigenvalue weighted by Crippen LogP contribution is -2.41. The summed E-state index contributed by atoms with van der Waals surface area (Å²) in [6, 6.07) is 7.68. The predicted octanol–water partition coefficient (Wildman–Crippen LogP) is 2.41. The molecule has 21 heavy (non-hydrogen) atoms. The Kier molecular flexibility index (Phi) is 6.72. The number of carbonyl (C=O) groups excluding carboxylic acids is 1. The van der Waals surface area contributed by atoms with Gasteiger partial charge in [0.15, 0.2) is 0 Å². The second-order valence-corrected chi connectivity index (χ2v) is 5.42. The van der Waals surface area contributed by atoms with Crippen LogP contribution in [0.2, 0.25) is 0 Å². The number of aliphatic carboxylic acids is 1. The molecule has 3 N–H and O–H groups in total. The molecule has 1 atom stereocenters. The van der Waals surface area contributed by atoms with E-state index in [1.807, 2.05) is 38.1 Å². The molecule has 0 aliphatic heterocycles. The van der Waals surface area contributed by atoms with Gasteiger partial charge in [0.25, 0.3) is 0 Å². The maximum absolute atomic E-state index is 11.7. The molecule has 0 fully saturated rings. The summed E-state index contributed by atoms with van der Waals surface area (Å²) < 4.78 is 0. The van der Waals surface area contributed by atoms with Crippen LogP contribution in [0.3, 0.4) is 0 Å². The maximum atomic E-state index is 11.7. The molecule has 5 nitrogen and oxygen atoms in total. The zero-order valence-electron chi connectivity index (χ0n) is 12.8. The molecule has 0 bridgehead atoms. The Morgan fingerprint density at radius 2 is 1.67 bits per heavy atom. The number of carboxylic acid groups (broad SMARTS) is 1. The van der Waals surface area contributed by atoms with E-state index in [4.69, 9.17) is 5.11 Å². The van der Waals surface area contributed by atoms with Crippen LogP contribution in [-0.2, 0) is 17.8 Å². The van der Waals surface area contributed by atoms with Gasteiger partial charge in [0.05, 0.1) is 5.92 Å². The molecule has 0 aliphatic rings. The van der Waals surface area contributed by atoms with Crippen LogP contribution in [-0.4, -0.2) is 23.7 Å². The molecule has 5 heteroatoms. The van der Waals surface area contributed by atoms with Gasteiger partial charge >= 0.3 is 12.0 Å². The first-order valence-electron chi connectivity index (χ1n) is 7.26. The van der Waals surface area contributed by atoms with E-state index in [1.165, 1.54) is 5.56 Å². The third-order valence-electron chi connectivity index (χ3n) is 3.49. The fourth-order valence-corrected chi connectivity index (χ4v) is 1.95. The smallest absolute Gasteiger partial charge is 0.315 e. The van der Waals surface area contributed by atoms with Crippen molar-refractivity contribution in [1.82, 2.24) is 10.6 Å². The minimum Gasteiger partial charge on any atom is -0.481 e. The Hall–Kier alpha value is -2.04. The molecule has 0 aromatic heterocycles. The second kappa shape index (κ2) is 8.29. The SMILES string of the molecule is CCc1ccc(CNC(=O)NCC(C(=O)O)C(C)C)cc1. The van der Waals surface area contributed by atoms with E-state index < -0.39 is 11.9 Å². The Labute approximate surface area is 125 Å². The summed E-state index contributed by atoms with van der Waals surface area (Å²) in [6.07, 6.45) is 0.986. The van der Waals surface area contributed by atoms with Crippen molar-refractivity contribution in [2.45, 2.75) is 33.7 Å². The van der Waals surface area contributed by atoms with Crippen molar-refractivity contribution in [2.75, 3.05) is 6.54 Å². The summed E-state index contributed by atoms with van der Waals surface area (Å²) in [6.45, 7) is 6.30. The van der Waals surface area contributed by atoms with Gasteiger partial charge in [0.1, 0.15) is 0 Å². The number of aryl methyl sites for hydroxylation is 1. The van der Waals surface area contributed by atoms with Gasteiger partial charge in [-0.1, -0.05) is 45.0 Å². The van der Waals surface area contributed by atoms with E-state index >= 15 is 0 Å².